The van der Waals surface area contributed by atoms with Crippen LogP contribution in [-0.2, 0) is 18.4 Å². The summed E-state index contributed by atoms with van der Waals surface area (Å²) >= 11 is 0. The number of hydrogen-bond donors (Lipinski definition) is 2. The van der Waals surface area contributed by atoms with Gasteiger partial charge in [0.05, 0.1) is 17.6 Å². The van der Waals surface area contributed by atoms with Gasteiger partial charge >= 0.3 is 0 Å². The van der Waals surface area contributed by atoms with Gasteiger partial charge in [-0.15, -0.1) is 0 Å². The van der Waals surface area contributed by atoms with Crippen LogP contribution in [0.5, 0.6) is 0 Å². The third-order valence-electron chi connectivity index (χ3n) is 2.23. The molecule has 0 aliphatic heterocycles. The first-order chi connectivity index (χ1) is 8.04. The molecule has 2 aromatic rings. The number of carbonyl (C=O) groups is 1. The second-order valence-corrected chi connectivity index (χ2v) is 3.81. The van der Waals surface area contributed by atoms with Crippen LogP contribution in [0.3, 0.4) is 0 Å². The highest BCUT2D eigenvalue weighted by Crippen LogP contribution is 2.08. The summed E-state index contributed by atoms with van der Waals surface area (Å²) in [7, 11) is 1.77. The van der Waals surface area contributed by atoms with E-state index in [-0.39, 0.29) is 12.5 Å². The summed E-state index contributed by atoms with van der Waals surface area (Å²) < 4.78 is 3.10. The third-order valence-corrected chi connectivity index (χ3v) is 2.23. The van der Waals surface area contributed by atoms with E-state index in [4.69, 9.17) is 5.73 Å². The van der Waals surface area contributed by atoms with E-state index in [1.807, 2.05) is 6.92 Å². The van der Waals surface area contributed by atoms with Crippen LogP contribution in [0.2, 0.25) is 0 Å². The number of anilines is 2. The Kier molecular flexibility index (Phi) is 2.82. The second-order valence-electron chi connectivity index (χ2n) is 3.81. The van der Waals surface area contributed by atoms with Gasteiger partial charge in [-0.2, -0.15) is 10.2 Å². The minimum atomic E-state index is -0.170. The van der Waals surface area contributed by atoms with E-state index in [2.05, 4.69) is 15.5 Å². The number of rotatable bonds is 3. The van der Waals surface area contributed by atoms with Gasteiger partial charge < -0.3 is 11.1 Å². The molecule has 0 aliphatic rings. The Labute approximate surface area is 98.2 Å². The molecule has 0 saturated heterocycles. The number of aromatic nitrogens is 4. The smallest absolute Gasteiger partial charge is 0.247 e. The van der Waals surface area contributed by atoms with Crippen LogP contribution in [0.4, 0.5) is 11.5 Å². The molecule has 0 bridgehead atoms. The number of nitrogens with one attached hydrogen (secondary N) is 1. The first kappa shape index (κ1) is 11.2. The van der Waals surface area contributed by atoms with Crippen molar-refractivity contribution < 1.29 is 4.79 Å². The van der Waals surface area contributed by atoms with Crippen molar-refractivity contribution in [1.29, 1.82) is 0 Å². The molecule has 17 heavy (non-hydrogen) atoms. The number of nitrogen functional groups attached to an aromatic ring is 1. The van der Waals surface area contributed by atoms with Crippen LogP contribution in [0.25, 0.3) is 0 Å². The van der Waals surface area contributed by atoms with Crippen molar-refractivity contribution in [3.63, 3.8) is 0 Å². The SMILES string of the molecule is Cc1cc(NC(=O)Cn2cc(N)cn2)n(C)n1. The molecule has 0 atom stereocenters. The van der Waals surface area contributed by atoms with Crippen molar-refractivity contribution >= 4 is 17.4 Å². The average molecular weight is 234 g/mol. The highest BCUT2D eigenvalue weighted by molar-refractivity contribution is 5.89. The topological polar surface area (TPSA) is 90.8 Å². The van der Waals surface area contributed by atoms with E-state index in [0.717, 1.165) is 5.69 Å². The molecular weight excluding hydrogens is 220 g/mol. The van der Waals surface area contributed by atoms with Crippen LogP contribution in [0, 0.1) is 6.92 Å². The standard InChI is InChI=1S/C10H14N6O/c1-7-3-9(15(2)14-7)13-10(17)6-16-5-8(11)4-12-16/h3-5H,6,11H2,1-2H3,(H,13,17). The van der Waals surface area contributed by atoms with Crippen LogP contribution in [0.15, 0.2) is 18.5 Å². The predicted octanol–water partition coefficient (Wildman–Crippen LogP) is 0.146. The van der Waals surface area contributed by atoms with Crippen LogP contribution in [0.1, 0.15) is 5.69 Å². The van der Waals surface area contributed by atoms with Crippen LogP contribution in [-0.4, -0.2) is 25.5 Å². The lowest BCUT2D eigenvalue weighted by Gasteiger charge is -2.04. The fourth-order valence-electron chi connectivity index (χ4n) is 1.52. The van der Waals surface area contributed by atoms with Gasteiger partial charge in [0, 0.05) is 19.3 Å². The molecule has 0 spiro atoms. The van der Waals surface area contributed by atoms with Gasteiger partial charge in [0.1, 0.15) is 12.4 Å². The van der Waals surface area contributed by atoms with Crippen LogP contribution >= 0.6 is 0 Å². The third kappa shape index (κ3) is 2.63. The van der Waals surface area contributed by atoms with Gasteiger partial charge in [0.2, 0.25) is 5.91 Å². The lowest BCUT2D eigenvalue weighted by Crippen LogP contribution is -2.20. The summed E-state index contributed by atoms with van der Waals surface area (Å²) in [6.45, 7) is 1.99. The molecule has 0 aliphatic carbocycles. The molecule has 90 valence electrons. The molecule has 3 N–H and O–H groups in total. The molecule has 2 rings (SSSR count). The summed E-state index contributed by atoms with van der Waals surface area (Å²) in [5, 5.41) is 10.8. The zero-order chi connectivity index (χ0) is 12.4. The molecule has 7 heteroatoms. The maximum Gasteiger partial charge on any atom is 0.247 e. The summed E-state index contributed by atoms with van der Waals surface area (Å²) in [6.07, 6.45) is 3.11. The fraction of sp³-hybridized carbons (Fsp3) is 0.300. The largest absolute Gasteiger partial charge is 0.396 e. The molecule has 2 heterocycles. The first-order valence-electron chi connectivity index (χ1n) is 5.13. The van der Waals surface area contributed by atoms with E-state index in [1.165, 1.54) is 10.9 Å². The Morgan fingerprint density at radius 2 is 2.35 bits per heavy atom. The monoisotopic (exact) mass is 234 g/mol. The Morgan fingerprint density at radius 3 is 2.88 bits per heavy atom. The lowest BCUT2D eigenvalue weighted by atomic mass is 10.4. The summed E-state index contributed by atoms with van der Waals surface area (Å²) in [6, 6.07) is 1.80. The van der Waals surface area contributed by atoms with E-state index >= 15 is 0 Å². The number of carbonyl (C=O) groups excluding carboxylic acids is 1. The van der Waals surface area contributed by atoms with Crippen molar-refractivity contribution in [2.24, 2.45) is 7.05 Å². The molecule has 1 amide bonds. The van der Waals surface area contributed by atoms with E-state index in [9.17, 15) is 4.79 Å². The highest BCUT2D eigenvalue weighted by Gasteiger charge is 2.08. The lowest BCUT2D eigenvalue weighted by molar-refractivity contribution is -0.116. The molecule has 0 aromatic carbocycles. The fourth-order valence-corrected chi connectivity index (χ4v) is 1.52. The van der Waals surface area contributed by atoms with Crippen molar-refractivity contribution in [1.82, 2.24) is 19.6 Å². The van der Waals surface area contributed by atoms with Crippen LogP contribution < -0.4 is 11.1 Å². The van der Waals surface area contributed by atoms with Gasteiger partial charge in [-0.1, -0.05) is 0 Å². The van der Waals surface area contributed by atoms with Gasteiger partial charge in [-0.05, 0) is 6.92 Å². The zero-order valence-corrected chi connectivity index (χ0v) is 9.71. The number of hydrogen-bond acceptors (Lipinski definition) is 4. The van der Waals surface area contributed by atoms with E-state index in [0.29, 0.717) is 11.5 Å². The highest BCUT2D eigenvalue weighted by atomic mass is 16.2. The molecule has 7 nitrogen and oxygen atoms in total. The molecule has 0 saturated carbocycles. The molecule has 0 radical (unpaired) electrons. The van der Waals surface area contributed by atoms with Crippen molar-refractivity contribution in [2.75, 3.05) is 11.1 Å². The predicted molar refractivity (Wildman–Crippen MR) is 63.2 cm³/mol. The van der Waals surface area contributed by atoms with Gasteiger partial charge in [-0.3, -0.25) is 14.2 Å². The Morgan fingerprint density at radius 1 is 1.59 bits per heavy atom. The average Bonchev–Trinajstić information content (AvgIpc) is 2.74. The second kappa shape index (κ2) is 4.28. The van der Waals surface area contributed by atoms with Gasteiger partial charge in [0.25, 0.3) is 0 Å². The number of nitrogens with two attached hydrogens (primary N) is 1. The number of nitrogens with zero attached hydrogens (tertiary/aromatic N) is 4. The molecular formula is C10H14N6O. The summed E-state index contributed by atoms with van der Waals surface area (Å²) in [5.74, 6) is 0.490. The summed E-state index contributed by atoms with van der Waals surface area (Å²) in [5.41, 5.74) is 6.89. The Bertz CT molecular complexity index is 541. The zero-order valence-electron chi connectivity index (χ0n) is 9.71. The van der Waals surface area contributed by atoms with Crippen molar-refractivity contribution in [3.8, 4) is 0 Å². The maximum atomic E-state index is 11.7. The Balaban J connectivity index is 2.00. The molecule has 0 unspecified atom stereocenters. The first-order valence-corrected chi connectivity index (χ1v) is 5.13. The minimum absolute atomic E-state index is 0.126. The minimum Gasteiger partial charge on any atom is -0.396 e. The van der Waals surface area contributed by atoms with Crippen molar-refractivity contribution in [3.05, 3.63) is 24.2 Å². The summed E-state index contributed by atoms with van der Waals surface area (Å²) in [4.78, 5) is 11.7. The molecule has 0 fully saturated rings. The normalized spacial score (nSPS) is 10.5. The number of aryl methyl sites for hydroxylation is 2. The number of amides is 1. The Hall–Kier alpha value is -2.31. The van der Waals surface area contributed by atoms with Gasteiger partial charge in [-0.25, -0.2) is 0 Å². The maximum absolute atomic E-state index is 11.7. The quantitative estimate of drug-likeness (QED) is 0.790. The molecule has 2 aromatic heterocycles. The van der Waals surface area contributed by atoms with E-state index < -0.39 is 0 Å². The van der Waals surface area contributed by atoms with E-state index in [1.54, 1.807) is 24.0 Å². The van der Waals surface area contributed by atoms with Gasteiger partial charge in [0.15, 0.2) is 0 Å². The van der Waals surface area contributed by atoms with Crippen molar-refractivity contribution in [2.45, 2.75) is 13.5 Å².